The molecule has 1 heterocycles. The predicted octanol–water partition coefficient (Wildman–Crippen LogP) is -0.429. The van der Waals surface area contributed by atoms with Crippen LogP contribution in [0.1, 0.15) is 33.6 Å². The van der Waals surface area contributed by atoms with Crippen LogP contribution in [-0.4, -0.2) is 59.0 Å². The van der Waals surface area contributed by atoms with Crippen LogP contribution in [0.4, 0.5) is 4.79 Å². The Kier molecular flexibility index (Phi) is 6.19. The number of esters is 1. The van der Waals surface area contributed by atoms with Gasteiger partial charge in [0.05, 0.1) is 13.2 Å². The average Bonchev–Trinajstić information content (AvgIpc) is 2.47. The first-order valence-corrected chi connectivity index (χ1v) is 7.22. The van der Waals surface area contributed by atoms with Crippen molar-refractivity contribution < 1.29 is 33.4 Å². The van der Waals surface area contributed by atoms with Crippen molar-refractivity contribution in [2.24, 2.45) is 0 Å². The molecule has 2 atom stereocenters. The molecule has 0 aliphatic carbocycles. The molecule has 1 saturated heterocycles. The van der Waals surface area contributed by atoms with Crippen molar-refractivity contribution in [3.8, 4) is 0 Å². The van der Waals surface area contributed by atoms with Gasteiger partial charge in [-0.15, -0.1) is 0 Å². The van der Waals surface area contributed by atoms with Crippen LogP contribution < -0.4 is 10.6 Å². The van der Waals surface area contributed by atoms with Gasteiger partial charge in [0.25, 0.3) is 5.78 Å². The molecule has 0 bridgehead atoms. The zero-order valence-electron chi connectivity index (χ0n) is 13.9. The average molecular weight is 340 g/mol. The monoisotopic (exact) mass is 340 g/mol. The largest absolute Gasteiger partial charge is 0.460 e. The third kappa shape index (κ3) is 5.17. The van der Waals surface area contributed by atoms with Crippen molar-refractivity contribution in [3.63, 3.8) is 0 Å². The summed E-state index contributed by atoms with van der Waals surface area (Å²) in [5.74, 6) is -2.19. The van der Waals surface area contributed by atoms with Crippen molar-refractivity contribution in [1.82, 2.24) is 10.6 Å². The van der Waals surface area contributed by atoms with Crippen LogP contribution in [0.3, 0.4) is 0 Å². The zero-order chi connectivity index (χ0) is 18.5. The maximum absolute atomic E-state index is 11.8. The van der Waals surface area contributed by atoms with E-state index in [1.54, 1.807) is 20.8 Å². The summed E-state index contributed by atoms with van der Waals surface area (Å²) in [5, 5.41) is 4.95. The predicted molar refractivity (Wildman–Crippen MR) is 80.0 cm³/mol. The third-order valence-electron chi connectivity index (χ3n) is 3.11. The third-order valence-corrected chi connectivity index (χ3v) is 3.11. The summed E-state index contributed by atoms with van der Waals surface area (Å²) in [6, 6.07) is -1.33. The van der Waals surface area contributed by atoms with E-state index < -0.39 is 47.1 Å². The first-order valence-electron chi connectivity index (χ1n) is 7.22. The van der Waals surface area contributed by atoms with E-state index in [9.17, 15) is 19.2 Å². The van der Waals surface area contributed by atoms with E-state index in [1.807, 2.05) is 0 Å². The summed E-state index contributed by atoms with van der Waals surface area (Å²) in [6.45, 7) is 5.06. The second kappa shape index (κ2) is 7.69. The van der Waals surface area contributed by atoms with Crippen LogP contribution in [0.2, 0.25) is 0 Å². The van der Waals surface area contributed by atoms with E-state index in [2.05, 4.69) is 20.2 Å². The Balaban J connectivity index is 2.55. The van der Waals surface area contributed by atoms with Gasteiger partial charge in [-0.25, -0.2) is 9.59 Å². The number of amides is 2. The highest BCUT2D eigenvalue weighted by Gasteiger charge is 2.42. The topological polar surface area (TPSA) is 147 Å². The second-order valence-electron chi connectivity index (χ2n) is 6.14. The van der Waals surface area contributed by atoms with Gasteiger partial charge in [-0.2, -0.15) is 4.79 Å². The van der Waals surface area contributed by atoms with Gasteiger partial charge in [-0.1, -0.05) is 0 Å². The van der Waals surface area contributed by atoms with Crippen molar-refractivity contribution in [2.45, 2.75) is 51.3 Å². The van der Waals surface area contributed by atoms with Gasteiger partial charge in [0, 0.05) is 6.42 Å². The van der Waals surface area contributed by atoms with E-state index in [1.165, 1.54) is 0 Å². The number of nitrogens with zero attached hydrogens (tertiary/aromatic N) is 2. The SMILES string of the molecule is COC(=O)C(=[N+]=[N-])C(=O)CC[C@H]1NC(=O)[C@H]1NC(=O)OC(C)(C)C. The number of hydrogen-bond acceptors (Lipinski definition) is 6. The van der Waals surface area contributed by atoms with Crippen LogP contribution in [0, 0.1) is 0 Å². The molecule has 0 radical (unpaired) electrons. The summed E-state index contributed by atoms with van der Waals surface area (Å²) >= 11 is 0. The van der Waals surface area contributed by atoms with Gasteiger partial charge >= 0.3 is 17.8 Å². The minimum Gasteiger partial charge on any atom is -0.460 e. The van der Waals surface area contributed by atoms with Crippen LogP contribution >= 0.6 is 0 Å². The molecule has 24 heavy (non-hydrogen) atoms. The minimum absolute atomic E-state index is 0.140. The van der Waals surface area contributed by atoms with Gasteiger partial charge in [-0.05, 0) is 27.2 Å². The molecular formula is C14H20N4O6. The van der Waals surface area contributed by atoms with E-state index in [0.29, 0.717) is 0 Å². The molecule has 2 amide bonds. The lowest BCUT2D eigenvalue weighted by Crippen LogP contribution is -2.69. The number of ether oxygens (including phenoxy) is 2. The summed E-state index contributed by atoms with van der Waals surface area (Å²) in [5.41, 5.74) is 7.25. The fourth-order valence-corrected chi connectivity index (χ4v) is 1.99. The lowest BCUT2D eigenvalue weighted by Gasteiger charge is -2.37. The summed E-state index contributed by atoms with van der Waals surface area (Å²) in [4.78, 5) is 48.9. The summed E-state index contributed by atoms with van der Waals surface area (Å²) in [6.07, 6.45) is -0.779. The standard InChI is InChI=1S/C14H20N4O6/c1-14(2,3)24-13(22)17-9-7(16-11(9)20)5-6-8(19)10(18-15)12(21)23-4/h7,9H,5-6H2,1-4H3,(H,16,20)(H,17,22)/t7-,9+/m1/s1. The number of methoxy groups -OCH3 is 1. The fraction of sp³-hybridized carbons (Fsp3) is 0.643. The molecule has 0 spiro atoms. The summed E-state index contributed by atoms with van der Waals surface area (Å²) < 4.78 is 9.37. The quantitative estimate of drug-likeness (QED) is 0.167. The fourth-order valence-electron chi connectivity index (χ4n) is 1.99. The Labute approximate surface area is 138 Å². The number of carbonyl (C=O) groups excluding carboxylic acids is 4. The van der Waals surface area contributed by atoms with Gasteiger partial charge in [0.2, 0.25) is 5.91 Å². The highest BCUT2D eigenvalue weighted by atomic mass is 16.6. The highest BCUT2D eigenvalue weighted by molar-refractivity contribution is 6.62. The number of hydrogen-bond donors (Lipinski definition) is 2. The highest BCUT2D eigenvalue weighted by Crippen LogP contribution is 2.14. The molecule has 0 aromatic carbocycles. The van der Waals surface area contributed by atoms with Crippen molar-refractivity contribution >= 4 is 29.5 Å². The summed E-state index contributed by atoms with van der Waals surface area (Å²) in [7, 11) is 1.05. The van der Waals surface area contributed by atoms with E-state index >= 15 is 0 Å². The van der Waals surface area contributed by atoms with Crippen LogP contribution in [0.15, 0.2) is 0 Å². The molecule has 0 aromatic heterocycles. The number of β-lactam (4-membered cyclic amide) rings is 1. The molecular weight excluding hydrogens is 320 g/mol. The van der Waals surface area contributed by atoms with Crippen LogP contribution in [0.5, 0.6) is 0 Å². The first kappa shape index (κ1) is 19.3. The molecule has 0 saturated carbocycles. The number of alkyl carbamates (subject to hydrolysis) is 1. The molecule has 0 aromatic rings. The lowest BCUT2D eigenvalue weighted by molar-refractivity contribution is -0.140. The smallest absolute Gasteiger partial charge is 0.441 e. The Morgan fingerprint density at radius 3 is 2.42 bits per heavy atom. The number of Topliss-reactive ketones (excluding diaryl/α,β-unsaturated/α-hetero) is 1. The Morgan fingerprint density at radius 1 is 1.33 bits per heavy atom. The van der Waals surface area contributed by atoms with Crippen molar-refractivity contribution in [3.05, 3.63) is 5.53 Å². The molecule has 10 heteroatoms. The zero-order valence-corrected chi connectivity index (χ0v) is 13.9. The molecule has 1 rings (SSSR count). The van der Waals surface area contributed by atoms with Crippen molar-refractivity contribution in [1.29, 1.82) is 0 Å². The van der Waals surface area contributed by atoms with Crippen molar-refractivity contribution in [2.75, 3.05) is 7.11 Å². The van der Waals surface area contributed by atoms with E-state index in [0.717, 1.165) is 7.11 Å². The maximum atomic E-state index is 11.8. The number of rotatable bonds is 6. The first-order chi connectivity index (χ1) is 11.1. The lowest BCUT2D eigenvalue weighted by atomic mass is 9.93. The molecule has 1 aliphatic heterocycles. The number of carbonyl (C=O) groups is 4. The van der Waals surface area contributed by atoms with Gasteiger partial charge in [0.1, 0.15) is 11.6 Å². The molecule has 10 nitrogen and oxygen atoms in total. The molecule has 2 N–H and O–H groups in total. The van der Waals surface area contributed by atoms with E-state index in [4.69, 9.17) is 10.3 Å². The molecule has 1 fully saturated rings. The normalized spacial score (nSPS) is 19.2. The number of ketones is 1. The van der Waals surface area contributed by atoms with Gasteiger partial charge in [0.15, 0.2) is 0 Å². The molecule has 0 unspecified atom stereocenters. The maximum Gasteiger partial charge on any atom is 0.441 e. The van der Waals surface area contributed by atoms with Crippen LogP contribution in [-0.2, 0) is 23.9 Å². The second-order valence-corrected chi connectivity index (χ2v) is 6.14. The van der Waals surface area contributed by atoms with Gasteiger partial charge < -0.3 is 25.6 Å². The van der Waals surface area contributed by atoms with E-state index in [-0.39, 0.29) is 12.8 Å². The van der Waals surface area contributed by atoms with Gasteiger partial charge in [-0.3, -0.25) is 9.59 Å². The Morgan fingerprint density at radius 2 is 1.96 bits per heavy atom. The Hall–Kier alpha value is -2.74. The molecule has 1 aliphatic rings. The number of nitrogens with one attached hydrogen (secondary N) is 2. The van der Waals surface area contributed by atoms with Crippen LogP contribution in [0.25, 0.3) is 5.53 Å². The molecule has 132 valence electrons. The minimum atomic E-state index is -1.05. The Bertz CT molecular complexity index is 603.